The Hall–Kier alpha value is -2.92. The molecular formula is C29H39NO4. The molecule has 0 bridgehead atoms. The minimum atomic E-state index is -1.24. The van der Waals surface area contributed by atoms with Crippen molar-refractivity contribution in [3.63, 3.8) is 0 Å². The maximum atomic E-state index is 12.3. The summed E-state index contributed by atoms with van der Waals surface area (Å²) in [7, 11) is 0. The lowest BCUT2D eigenvalue weighted by molar-refractivity contribution is -0.550. The molecule has 0 aliphatic heterocycles. The topological polar surface area (TPSA) is 72.6 Å². The molecule has 0 radical (unpaired) electrons. The zero-order valence-corrected chi connectivity index (χ0v) is 21.6. The van der Waals surface area contributed by atoms with Crippen molar-refractivity contribution < 1.29 is 14.8 Å². The van der Waals surface area contributed by atoms with E-state index in [4.69, 9.17) is 4.74 Å². The highest BCUT2D eigenvalue weighted by molar-refractivity contribution is 5.50. The molecule has 5 nitrogen and oxygen atoms in total. The number of nitro groups is 1. The molecule has 0 heterocycles. The number of benzene rings is 2. The number of nitrogens with zero attached hydrogens (tertiary/aromatic N) is 1. The molecule has 0 fully saturated rings. The third-order valence-corrected chi connectivity index (χ3v) is 6.65. The molecule has 2 aromatic rings. The highest BCUT2D eigenvalue weighted by Crippen LogP contribution is 2.44. The average Bonchev–Trinajstić information content (AvgIpc) is 2.77. The average molecular weight is 466 g/mol. The van der Waals surface area contributed by atoms with Crippen molar-refractivity contribution >= 4 is 0 Å². The Balaban J connectivity index is 0.000000739. The summed E-state index contributed by atoms with van der Waals surface area (Å²) in [6.07, 6.45) is 4.28. The third-order valence-electron chi connectivity index (χ3n) is 6.65. The van der Waals surface area contributed by atoms with Gasteiger partial charge in [0, 0.05) is 30.0 Å². The zero-order valence-electron chi connectivity index (χ0n) is 21.6. The van der Waals surface area contributed by atoms with E-state index in [1.165, 1.54) is 16.7 Å². The molecule has 0 saturated carbocycles. The lowest BCUT2D eigenvalue weighted by Crippen LogP contribution is -2.44. The van der Waals surface area contributed by atoms with Crippen molar-refractivity contribution in [2.45, 2.75) is 66.3 Å². The van der Waals surface area contributed by atoms with E-state index < -0.39 is 5.54 Å². The number of hydrogen-bond acceptors (Lipinski definition) is 4. The van der Waals surface area contributed by atoms with Gasteiger partial charge in [-0.1, -0.05) is 48.4 Å². The lowest BCUT2D eigenvalue weighted by atomic mass is 9.70. The standard InChI is InChI=1S/C25H29NO3.C4H10O/c1-16-7-6-8-17(2)23(16)24-18(3)14-25(26(28)29,15-19(24)4)20(5)13-21-9-11-22(27)12-10-21;1-3-5-4-2/h6-12,14-15,20,24,27H,13H2,1-5H3;3-4H2,1-2H3. The first-order chi connectivity index (χ1) is 16.1. The SMILES string of the molecule is CC1=CC(C(C)Cc2ccc(O)cc2)([N+](=O)[O-])C=C(C)C1c1c(C)cccc1C.CCOCC. The predicted molar refractivity (Wildman–Crippen MR) is 139 cm³/mol. The molecule has 184 valence electrons. The third kappa shape index (κ3) is 6.15. The molecule has 1 N–H and O–H groups in total. The van der Waals surface area contributed by atoms with E-state index in [1.807, 2.05) is 58.9 Å². The minimum Gasteiger partial charge on any atom is -0.508 e. The maximum Gasteiger partial charge on any atom is 0.261 e. The largest absolute Gasteiger partial charge is 0.508 e. The molecule has 1 atom stereocenters. The van der Waals surface area contributed by atoms with Crippen LogP contribution < -0.4 is 0 Å². The van der Waals surface area contributed by atoms with Crippen molar-refractivity contribution in [1.82, 2.24) is 0 Å². The summed E-state index contributed by atoms with van der Waals surface area (Å²) in [5.41, 5.74) is 5.46. The van der Waals surface area contributed by atoms with Crippen LogP contribution in [0.3, 0.4) is 0 Å². The van der Waals surface area contributed by atoms with E-state index in [-0.39, 0.29) is 22.5 Å². The summed E-state index contributed by atoms with van der Waals surface area (Å²) in [6, 6.07) is 13.2. The van der Waals surface area contributed by atoms with Gasteiger partial charge in [-0.3, -0.25) is 10.1 Å². The molecule has 5 heteroatoms. The van der Waals surface area contributed by atoms with Gasteiger partial charge in [-0.05, 0) is 94.5 Å². The van der Waals surface area contributed by atoms with Crippen LogP contribution in [0.15, 0.2) is 65.8 Å². The van der Waals surface area contributed by atoms with Gasteiger partial charge < -0.3 is 9.84 Å². The second-order valence-electron chi connectivity index (χ2n) is 9.21. The van der Waals surface area contributed by atoms with Gasteiger partial charge >= 0.3 is 0 Å². The first kappa shape index (κ1) is 27.3. The van der Waals surface area contributed by atoms with Gasteiger partial charge in [0.05, 0.1) is 0 Å². The molecule has 0 amide bonds. The first-order valence-corrected chi connectivity index (χ1v) is 12.0. The zero-order chi connectivity index (χ0) is 25.5. The van der Waals surface area contributed by atoms with Crippen LogP contribution >= 0.6 is 0 Å². The number of hydrogen-bond donors (Lipinski definition) is 1. The van der Waals surface area contributed by atoms with Crippen molar-refractivity contribution in [2.24, 2.45) is 5.92 Å². The van der Waals surface area contributed by atoms with Crippen LogP contribution in [-0.2, 0) is 11.2 Å². The van der Waals surface area contributed by atoms with Crippen molar-refractivity contribution in [3.05, 3.63) is 98.1 Å². The monoisotopic (exact) mass is 465 g/mol. The normalized spacial score (nSPS) is 20.5. The highest BCUT2D eigenvalue weighted by atomic mass is 16.6. The van der Waals surface area contributed by atoms with E-state index in [1.54, 1.807) is 12.1 Å². The number of rotatable bonds is 7. The Morgan fingerprint density at radius 3 is 1.88 bits per heavy atom. The summed E-state index contributed by atoms with van der Waals surface area (Å²) < 4.78 is 4.83. The minimum absolute atomic E-state index is 0.0742. The van der Waals surface area contributed by atoms with Crippen LogP contribution in [0.2, 0.25) is 0 Å². The fourth-order valence-corrected chi connectivity index (χ4v) is 4.96. The lowest BCUT2D eigenvalue weighted by Gasteiger charge is -2.34. The Kier molecular flexibility index (Phi) is 9.63. The Morgan fingerprint density at radius 1 is 0.971 bits per heavy atom. The predicted octanol–water partition coefficient (Wildman–Crippen LogP) is 6.94. The van der Waals surface area contributed by atoms with Gasteiger partial charge in [0.25, 0.3) is 5.54 Å². The number of phenolic OH excluding ortho intramolecular Hbond substituents is 1. The van der Waals surface area contributed by atoms with Crippen LogP contribution in [-0.4, -0.2) is 28.8 Å². The molecule has 3 rings (SSSR count). The Bertz CT molecular complexity index is 994. The Labute approximate surface area is 204 Å². The molecular weight excluding hydrogens is 426 g/mol. The van der Waals surface area contributed by atoms with E-state index in [9.17, 15) is 15.2 Å². The summed E-state index contributed by atoms with van der Waals surface area (Å²) in [6.45, 7) is 15.8. The van der Waals surface area contributed by atoms with E-state index in [0.717, 1.165) is 29.9 Å². The number of ether oxygens (including phenoxy) is 1. The van der Waals surface area contributed by atoms with Crippen LogP contribution in [0.1, 0.15) is 62.8 Å². The molecule has 1 unspecified atom stereocenters. The second kappa shape index (κ2) is 12.0. The van der Waals surface area contributed by atoms with Crippen LogP contribution in [0.5, 0.6) is 5.75 Å². The van der Waals surface area contributed by atoms with E-state index in [0.29, 0.717) is 6.42 Å². The van der Waals surface area contributed by atoms with Crippen molar-refractivity contribution in [3.8, 4) is 5.75 Å². The number of allylic oxidation sites excluding steroid dienone is 2. The number of aryl methyl sites for hydroxylation is 2. The van der Waals surface area contributed by atoms with Gasteiger partial charge in [-0.15, -0.1) is 0 Å². The summed E-state index contributed by atoms with van der Waals surface area (Å²) in [5, 5.41) is 21.8. The van der Waals surface area contributed by atoms with Crippen LogP contribution in [0.4, 0.5) is 0 Å². The molecule has 1 aliphatic carbocycles. The molecule has 1 aliphatic rings. The highest BCUT2D eigenvalue weighted by Gasteiger charge is 2.47. The maximum absolute atomic E-state index is 12.3. The van der Waals surface area contributed by atoms with Crippen molar-refractivity contribution in [1.29, 1.82) is 0 Å². The van der Waals surface area contributed by atoms with Gasteiger partial charge in [-0.25, -0.2) is 0 Å². The molecule has 0 aromatic heterocycles. The van der Waals surface area contributed by atoms with Crippen molar-refractivity contribution in [2.75, 3.05) is 13.2 Å². The summed E-state index contributed by atoms with van der Waals surface area (Å²) in [4.78, 5) is 12.2. The fraction of sp³-hybridized carbons (Fsp3) is 0.448. The number of aromatic hydroxyl groups is 1. The van der Waals surface area contributed by atoms with E-state index in [2.05, 4.69) is 32.0 Å². The molecule has 0 saturated heterocycles. The van der Waals surface area contributed by atoms with Gasteiger partial charge in [0.2, 0.25) is 0 Å². The quantitative estimate of drug-likeness (QED) is 0.273. The smallest absolute Gasteiger partial charge is 0.261 e. The fourth-order valence-electron chi connectivity index (χ4n) is 4.96. The van der Waals surface area contributed by atoms with E-state index >= 15 is 0 Å². The summed E-state index contributed by atoms with van der Waals surface area (Å²) in [5.74, 6) is 0.0435. The van der Waals surface area contributed by atoms with Crippen LogP contribution in [0, 0.1) is 29.9 Å². The Morgan fingerprint density at radius 2 is 1.47 bits per heavy atom. The first-order valence-electron chi connectivity index (χ1n) is 12.0. The number of phenols is 1. The second-order valence-corrected chi connectivity index (χ2v) is 9.21. The van der Waals surface area contributed by atoms with Gasteiger partial charge in [0.15, 0.2) is 0 Å². The van der Waals surface area contributed by atoms with Gasteiger partial charge in [-0.2, -0.15) is 0 Å². The molecule has 34 heavy (non-hydrogen) atoms. The molecule has 0 spiro atoms. The van der Waals surface area contributed by atoms with Crippen LogP contribution in [0.25, 0.3) is 0 Å². The van der Waals surface area contributed by atoms with Gasteiger partial charge in [0.1, 0.15) is 5.75 Å². The summed E-state index contributed by atoms with van der Waals surface area (Å²) >= 11 is 0. The molecule has 2 aromatic carbocycles.